The molecule has 0 saturated heterocycles. The maximum Gasteiger partial charge on any atom is 0.0276 e. The lowest BCUT2D eigenvalue weighted by molar-refractivity contribution is 1.31. The van der Waals surface area contributed by atoms with Gasteiger partial charge in [-0.15, -0.1) is 9.69 Å². The summed E-state index contributed by atoms with van der Waals surface area (Å²) in [6.07, 6.45) is 1.91. The third kappa shape index (κ3) is 2.71. The van der Waals surface area contributed by atoms with Gasteiger partial charge in [0.15, 0.2) is 0 Å². The van der Waals surface area contributed by atoms with E-state index in [0.717, 1.165) is 5.75 Å². The average Bonchev–Trinajstić information content (AvgIpc) is 2.34. The molecule has 0 saturated carbocycles. The summed E-state index contributed by atoms with van der Waals surface area (Å²) < 4.78 is 2.14. The molecule has 0 aromatic rings. The zero-order valence-corrected chi connectivity index (χ0v) is 7.27. The maximum atomic E-state index is 3.64. The highest BCUT2D eigenvalue weighted by molar-refractivity contribution is 8.29. The molecule has 0 N–H and O–H groups in total. The number of hydrogen-bond donors (Lipinski definition) is 0. The molecule has 1 nitrogen and oxygen atoms in total. The van der Waals surface area contributed by atoms with Crippen LogP contribution in [0.5, 0.6) is 0 Å². The predicted octanol–water partition coefficient (Wildman–Crippen LogP) is 2.90. The number of hydrogen-bond acceptors (Lipinski definition) is 4. The summed E-state index contributed by atoms with van der Waals surface area (Å²) in [7, 11) is 0. The summed E-state index contributed by atoms with van der Waals surface area (Å²) in [6.45, 7) is 3.64. The van der Waals surface area contributed by atoms with Crippen LogP contribution in [0.4, 0.5) is 0 Å². The van der Waals surface area contributed by atoms with E-state index >= 15 is 0 Å². The Balaban J connectivity index is 2.07. The molecule has 0 radical (unpaired) electrons. The van der Waals surface area contributed by atoms with Crippen molar-refractivity contribution in [3.05, 3.63) is 23.5 Å². The Morgan fingerprint density at radius 3 is 2.78 bits per heavy atom. The van der Waals surface area contributed by atoms with Crippen molar-refractivity contribution in [1.29, 1.82) is 0 Å². The molecule has 0 unspecified atom stereocenters. The van der Waals surface area contributed by atoms with Crippen LogP contribution in [0.25, 0.3) is 0 Å². The van der Waals surface area contributed by atoms with E-state index in [9.17, 15) is 0 Å². The molecule has 0 atom stereocenters. The van der Waals surface area contributed by atoms with Gasteiger partial charge in [0.25, 0.3) is 0 Å². The van der Waals surface area contributed by atoms with Gasteiger partial charge in [-0.05, 0) is 34.7 Å². The van der Waals surface area contributed by atoms with E-state index in [1.807, 2.05) is 6.08 Å². The van der Waals surface area contributed by atoms with Gasteiger partial charge in [0.05, 0.1) is 0 Å². The van der Waals surface area contributed by atoms with Crippen LogP contribution in [-0.2, 0) is 0 Å². The van der Waals surface area contributed by atoms with Crippen molar-refractivity contribution in [1.82, 2.24) is 3.12 Å². The van der Waals surface area contributed by atoms with E-state index in [4.69, 9.17) is 0 Å². The molecule has 1 aliphatic heterocycles. The van der Waals surface area contributed by atoms with Crippen molar-refractivity contribution in [3.8, 4) is 0 Å². The Kier molecular flexibility index (Phi) is 3.65. The number of nitrogens with zero attached hydrogens (tertiary/aromatic N) is 1. The topological polar surface area (TPSA) is 3.24 Å². The number of rotatable bonds is 3. The first-order chi connectivity index (χ1) is 4.43. The smallest absolute Gasteiger partial charge is 0.0276 e. The second kappa shape index (κ2) is 4.33. The first-order valence-electron chi connectivity index (χ1n) is 2.46. The van der Waals surface area contributed by atoms with Crippen LogP contribution in [0.2, 0.25) is 0 Å². The highest BCUT2D eigenvalue weighted by atomic mass is 32.3. The molecule has 0 aromatic heterocycles. The van der Waals surface area contributed by atoms with Gasteiger partial charge < -0.3 is 0 Å². The fourth-order valence-electron chi connectivity index (χ4n) is 0.348. The molecule has 1 heterocycles. The van der Waals surface area contributed by atoms with Crippen LogP contribution >= 0.6 is 35.8 Å². The SMILES string of the molecule is C=CCSN1SC=CS1. The quantitative estimate of drug-likeness (QED) is 0.481. The maximum absolute atomic E-state index is 3.64. The summed E-state index contributed by atoms with van der Waals surface area (Å²) in [4.78, 5) is 0. The molecule has 0 aliphatic carbocycles. The Hall–Kier alpha value is 0.490. The zero-order chi connectivity index (χ0) is 6.53. The van der Waals surface area contributed by atoms with Gasteiger partial charge >= 0.3 is 0 Å². The van der Waals surface area contributed by atoms with E-state index in [0.29, 0.717) is 0 Å². The molecule has 1 aliphatic rings. The Morgan fingerprint density at radius 2 is 2.22 bits per heavy atom. The van der Waals surface area contributed by atoms with Gasteiger partial charge in [-0.25, -0.2) is 0 Å². The molecule has 9 heavy (non-hydrogen) atoms. The summed E-state index contributed by atoms with van der Waals surface area (Å²) in [5.41, 5.74) is 0. The van der Waals surface area contributed by atoms with Gasteiger partial charge in [-0.3, -0.25) is 0 Å². The minimum atomic E-state index is 0.988. The van der Waals surface area contributed by atoms with Crippen LogP contribution < -0.4 is 0 Å². The molecule has 1 rings (SSSR count). The van der Waals surface area contributed by atoms with E-state index in [1.54, 1.807) is 35.8 Å². The lowest BCUT2D eigenvalue weighted by atomic mass is 10.8. The van der Waals surface area contributed by atoms with Crippen LogP contribution in [0.1, 0.15) is 0 Å². The summed E-state index contributed by atoms with van der Waals surface area (Å²) in [5.74, 6) is 0.988. The first-order valence-corrected chi connectivity index (χ1v) is 5.07. The fraction of sp³-hybridized carbons (Fsp3) is 0.200. The Labute approximate surface area is 68.3 Å². The highest BCUT2D eigenvalue weighted by Gasteiger charge is 2.06. The predicted molar refractivity (Wildman–Crippen MR) is 48.8 cm³/mol. The molecule has 0 fully saturated rings. The standard InChI is InChI=1S/C5H7NS3/c1-2-3-7-6-8-4-5-9-6/h2,4-5H,1,3H2. The molecule has 0 amide bonds. The zero-order valence-electron chi connectivity index (χ0n) is 4.82. The molecular formula is C5H7NS3. The van der Waals surface area contributed by atoms with Crippen molar-refractivity contribution < 1.29 is 0 Å². The van der Waals surface area contributed by atoms with Gasteiger partial charge in [-0.1, -0.05) is 18.0 Å². The lowest BCUT2D eigenvalue weighted by Crippen LogP contribution is -1.87. The van der Waals surface area contributed by atoms with Crippen molar-refractivity contribution >= 4 is 35.8 Å². The van der Waals surface area contributed by atoms with Crippen LogP contribution in [0, 0.1) is 0 Å². The summed E-state index contributed by atoms with van der Waals surface area (Å²) >= 11 is 5.19. The minimum Gasteiger partial charge on any atom is -0.129 e. The van der Waals surface area contributed by atoms with E-state index in [1.165, 1.54) is 0 Å². The van der Waals surface area contributed by atoms with Gasteiger partial charge in [0.1, 0.15) is 0 Å². The molecule has 50 valence electrons. The molecule has 0 aromatic carbocycles. The van der Waals surface area contributed by atoms with Crippen molar-refractivity contribution in [2.45, 2.75) is 0 Å². The first kappa shape index (κ1) is 7.60. The van der Waals surface area contributed by atoms with Gasteiger partial charge in [-0.2, -0.15) is 0 Å². The van der Waals surface area contributed by atoms with E-state index in [2.05, 4.69) is 20.5 Å². The van der Waals surface area contributed by atoms with Crippen molar-refractivity contribution in [2.75, 3.05) is 5.75 Å². The summed E-state index contributed by atoms with van der Waals surface area (Å²) in [6, 6.07) is 0. The third-order valence-electron chi connectivity index (χ3n) is 0.647. The van der Waals surface area contributed by atoms with Crippen LogP contribution in [0.3, 0.4) is 0 Å². The van der Waals surface area contributed by atoms with Crippen molar-refractivity contribution in [3.63, 3.8) is 0 Å². The minimum absolute atomic E-state index is 0.988. The molecule has 0 bridgehead atoms. The fourth-order valence-corrected chi connectivity index (χ4v) is 2.82. The molecule has 4 heteroatoms. The Morgan fingerprint density at radius 1 is 1.56 bits per heavy atom. The van der Waals surface area contributed by atoms with Crippen LogP contribution in [-0.4, -0.2) is 8.87 Å². The van der Waals surface area contributed by atoms with Gasteiger partial charge in [0, 0.05) is 5.75 Å². The van der Waals surface area contributed by atoms with Crippen molar-refractivity contribution in [2.24, 2.45) is 0 Å². The third-order valence-corrected chi connectivity index (χ3v) is 3.94. The average molecular weight is 177 g/mol. The second-order valence-corrected chi connectivity index (χ2v) is 4.64. The summed E-state index contributed by atoms with van der Waals surface area (Å²) in [5, 5.41) is 4.14. The monoisotopic (exact) mass is 177 g/mol. The largest absolute Gasteiger partial charge is 0.129 e. The van der Waals surface area contributed by atoms with E-state index in [-0.39, 0.29) is 0 Å². The van der Waals surface area contributed by atoms with Crippen LogP contribution in [0.15, 0.2) is 23.5 Å². The highest BCUT2D eigenvalue weighted by Crippen LogP contribution is 2.38. The molecule has 0 spiro atoms. The lowest BCUT2D eigenvalue weighted by Gasteiger charge is -2.06. The normalized spacial score (nSPS) is 18.7. The second-order valence-electron chi connectivity index (χ2n) is 1.29. The Bertz CT molecular complexity index is 115. The molecular weight excluding hydrogens is 170 g/mol. The van der Waals surface area contributed by atoms with E-state index < -0.39 is 0 Å². The van der Waals surface area contributed by atoms with Gasteiger partial charge in [0.2, 0.25) is 0 Å².